The van der Waals surface area contributed by atoms with E-state index in [1.165, 1.54) is 0 Å². The summed E-state index contributed by atoms with van der Waals surface area (Å²) in [7, 11) is 0. The second-order valence-corrected chi connectivity index (χ2v) is 6.74. The molecule has 0 bridgehead atoms. The number of hydrogen-bond donors (Lipinski definition) is 2. The molecule has 2 rings (SSSR count). The fourth-order valence-electron chi connectivity index (χ4n) is 2.73. The first-order valence-corrected chi connectivity index (χ1v) is 9.63. The Bertz CT molecular complexity index is 656. The van der Waals surface area contributed by atoms with E-state index in [2.05, 4.69) is 15.5 Å². The first-order valence-electron chi connectivity index (χ1n) is 9.63. The van der Waals surface area contributed by atoms with Gasteiger partial charge in [-0.1, -0.05) is 19.1 Å². The first-order chi connectivity index (χ1) is 13.5. The van der Waals surface area contributed by atoms with Crippen LogP contribution in [0.15, 0.2) is 24.3 Å². The van der Waals surface area contributed by atoms with Gasteiger partial charge < -0.3 is 20.1 Å². The van der Waals surface area contributed by atoms with Crippen molar-refractivity contribution < 1.29 is 23.9 Å². The molecule has 0 radical (unpaired) electrons. The topological polar surface area (TPSA) is 97.0 Å². The molecule has 0 aliphatic carbocycles. The lowest BCUT2D eigenvalue weighted by molar-refractivity contribution is -0.130. The van der Waals surface area contributed by atoms with E-state index in [0.29, 0.717) is 12.1 Å². The zero-order valence-electron chi connectivity index (χ0n) is 16.5. The number of rotatable bonds is 9. The van der Waals surface area contributed by atoms with Crippen molar-refractivity contribution in [2.75, 3.05) is 39.5 Å². The molecule has 2 N–H and O–H groups in total. The molecular weight excluding hydrogens is 362 g/mol. The van der Waals surface area contributed by atoms with E-state index in [1.807, 2.05) is 19.1 Å². The van der Waals surface area contributed by atoms with Gasteiger partial charge in [0.15, 0.2) is 6.61 Å². The van der Waals surface area contributed by atoms with Gasteiger partial charge in [-0.3, -0.25) is 14.5 Å². The van der Waals surface area contributed by atoms with Crippen LogP contribution < -0.4 is 10.6 Å². The van der Waals surface area contributed by atoms with Gasteiger partial charge in [0.25, 0.3) is 5.91 Å². The normalized spacial score (nSPS) is 15.5. The molecule has 1 aliphatic rings. The number of amides is 2. The van der Waals surface area contributed by atoms with Crippen LogP contribution in [0, 0.1) is 0 Å². The SMILES string of the molecule is CCCNC(=O)[C@@H](C)NC(=O)COC(=O)c1ccc(CN2CCOCC2)cc1. The minimum Gasteiger partial charge on any atom is -0.452 e. The average Bonchev–Trinajstić information content (AvgIpc) is 2.71. The van der Waals surface area contributed by atoms with Crippen molar-refractivity contribution in [1.29, 1.82) is 0 Å². The van der Waals surface area contributed by atoms with Crippen molar-refractivity contribution in [2.24, 2.45) is 0 Å². The van der Waals surface area contributed by atoms with Crippen LogP contribution in [0.1, 0.15) is 36.2 Å². The third-order valence-corrected chi connectivity index (χ3v) is 4.35. The monoisotopic (exact) mass is 391 g/mol. The van der Waals surface area contributed by atoms with E-state index < -0.39 is 24.5 Å². The Balaban J connectivity index is 1.74. The van der Waals surface area contributed by atoms with E-state index in [1.54, 1.807) is 19.1 Å². The van der Waals surface area contributed by atoms with Gasteiger partial charge in [-0.2, -0.15) is 0 Å². The number of esters is 1. The summed E-state index contributed by atoms with van der Waals surface area (Å²) >= 11 is 0. The summed E-state index contributed by atoms with van der Waals surface area (Å²) in [6.45, 7) is 7.72. The van der Waals surface area contributed by atoms with Crippen LogP contribution in [0.25, 0.3) is 0 Å². The van der Waals surface area contributed by atoms with Crippen LogP contribution in [0.2, 0.25) is 0 Å². The van der Waals surface area contributed by atoms with Gasteiger partial charge in [0.2, 0.25) is 5.91 Å². The maximum Gasteiger partial charge on any atom is 0.338 e. The highest BCUT2D eigenvalue weighted by Gasteiger charge is 2.17. The molecule has 1 aromatic rings. The molecule has 1 saturated heterocycles. The highest BCUT2D eigenvalue weighted by molar-refractivity contribution is 5.92. The largest absolute Gasteiger partial charge is 0.452 e. The summed E-state index contributed by atoms with van der Waals surface area (Å²) in [6.07, 6.45) is 0.815. The van der Waals surface area contributed by atoms with Gasteiger partial charge >= 0.3 is 5.97 Å². The number of hydrogen-bond acceptors (Lipinski definition) is 6. The van der Waals surface area contributed by atoms with Crippen LogP contribution in [0.4, 0.5) is 0 Å². The standard InChI is InChI=1S/C20H29N3O5/c1-3-8-21-19(25)15(2)22-18(24)14-28-20(26)17-6-4-16(5-7-17)13-23-9-11-27-12-10-23/h4-7,15H,3,8-14H2,1-2H3,(H,21,25)(H,22,24)/t15-/m1/s1. The average molecular weight is 391 g/mol. The number of ether oxygens (including phenoxy) is 2. The number of nitrogens with zero attached hydrogens (tertiary/aromatic N) is 1. The van der Waals surface area contributed by atoms with Crippen molar-refractivity contribution in [2.45, 2.75) is 32.9 Å². The van der Waals surface area contributed by atoms with Crippen LogP contribution in [-0.4, -0.2) is 68.2 Å². The van der Waals surface area contributed by atoms with Crippen LogP contribution in [-0.2, 0) is 25.6 Å². The van der Waals surface area contributed by atoms with E-state index in [-0.39, 0.29) is 5.91 Å². The van der Waals surface area contributed by atoms with Crippen LogP contribution in [0.3, 0.4) is 0 Å². The quantitative estimate of drug-likeness (QED) is 0.602. The molecule has 0 spiro atoms. The Morgan fingerprint density at radius 2 is 1.86 bits per heavy atom. The predicted molar refractivity (Wildman–Crippen MR) is 104 cm³/mol. The molecule has 1 heterocycles. The lowest BCUT2D eigenvalue weighted by Gasteiger charge is -2.26. The smallest absolute Gasteiger partial charge is 0.338 e. The molecule has 0 aromatic heterocycles. The number of benzene rings is 1. The second kappa shape index (κ2) is 11.4. The molecular formula is C20H29N3O5. The summed E-state index contributed by atoms with van der Waals surface area (Å²) in [4.78, 5) is 38.0. The highest BCUT2D eigenvalue weighted by atomic mass is 16.5. The Morgan fingerprint density at radius 1 is 1.18 bits per heavy atom. The highest BCUT2D eigenvalue weighted by Crippen LogP contribution is 2.10. The van der Waals surface area contributed by atoms with Crippen molar-refractivity contribution in [3.05, 3.63) is 35.4 Å². The Hall–Kier alpha value is -2.45. The van der Waals surface area contributed by atoms with Gasteiger partial charge in [0.1, 0.15) is 6.04 Å². The van der Waals surface area contributed by atoms with Gasteiger partial charge in [0, 0.05) is 26.2 Å². The molecule has 0 unspecified atom stereocenters. The van der Waals surface area contributed by atoms with E-state index in [4.69, 9.17) is 9.47 Å². The molecule has 1 atom stereocenters. The number of carbonyl (C=O) groups excluding carboxylic acids is 3. The summed E-state index contributed by atoms with van der Waals surface area (Å²) in [5.74, 6) is -1.36. The van der Waals surface area contributed by atoms with Gasteiger partial charge in [-0.05, 0) is 31.0 Å². The molecule has 2 amide bonds. The molecule has 1 fully saturated rings. The van der Waals surface area contributed by atoms with Gasteiger partial charge in [0.05, 0.1) is 18.8 Å². The molecule has 1 aromatic carbocycles. The van der Waals surface area contributed by atoms with Crippen molar-refractivity contribution >= 4 is 17.8 Å². The Labute approximate surface area is 165 Å². The minimum absolute atomic E-state index is 0.266. The minimum atomic E-state index is -0.683. The zero-order valence-corrected chi connectivity index (χ0v) is 16.5. The molecule has 8 heteroatoms. The van der Waals surface area contributed by atoms with E-state index in [0.717, 1.165) is 44.8 Å². The van der Waals surface area contributed by atoms with Crippen LogP contribution >= 0.6 is 0 Å². The summed E-state index contributed by atoms with van der Waals surface area (Å²) in [6, 6.07) is 6.46. The molecule has 28 heavy (non-hydrogen) atoms. The molecule has 0 saturated carbocycles. The predicted octanol–water partition coefficient (Wildman–Crippen LogP) is 0.707. The number of morpholine rings is 1. The first kappa shape index (κ1) is 21.8. The lowest BCUT2D eigenvalue weighted by atomic mass is 10.1. The van der Waals surface area contributed by atoms with Crippen LogP contribution in [0.5, 0.6) is 0 Å². The van der Waals surface area contributed by atoms with Gasteiger partial charge in [-0.15, -0.1) is 0 Å². The Kier molecular flexibility index (Phi) is 8.90. The fraction of sp³-hybridized carbons (Fsp3) is 0.550. The maximum absolute atomic E-state index is 12.1. The summed E-state index contributed by atoms with van der Waals surface area (Å²) in [5, 5.41) is 5.20. The molecule has 1 aliphatic heterocycles. The van der Waals surface area contributed by atoms with Crippen molar-refractivity contribution in [3.63, 3.8) is 0 Å². The Morgan fingerprint density at radius 3 is 2.50 bits per heavy atom. The molecule has 154 valence electrons. The van der Waals surface area contributed by atoms with E-state index in [9.17, 15) is 14.4 Å². The number of carbonyl (C=O) groups is 3. The third kappa shape index (κ3) is 7.28. The zero-order chi connectivity index (χ0) is 20.4. The molecule has 8 nitrogen and oxygen atoms in total. The third-order valence-electron chi connectivity index (χ3n) is 4.35. The van der Waals surface area contributed by atoms with E-state index >= 15 is 0 Å². The number of nitrogens with one attached hydrogen (secondary N) is 2. The lowest BCUT2D eigenvalue weighted by Crippen LogP contribution is -2.46. The second-order valence-electron chi connectivity index (χ2n) is 6.74. The maximum atomic E-state index is 12.1. The summed E-state index contributed by atoms with van der Waals surface area (Å²) < 4.78 is 10.4. The fourth-order valence-corrected chi connectivity index (χ4v) is 2.73. The summed E-state index contributed by atoms with van der Waals surface area (Å²) in [5.41, 5.74) is 1.48. The van der Waals surface area contributed by atoms with Crippen molar-refractivity contribution in [3.8, 4) is 0 Å². The van der Waals surface area contributed by atoms with Gasteiger partial charge in [-0.25, -0.2) is 4.79 Å². The van der Waals surface area contributed by atoms with Crippen molar-refractivity contribution in [1.82, 2.24) is 15.5 Å².